The van der Waals surface area contributed by atoms with E-state index >= 15 is 0 Å². The molecule has 2 heterocycles. The van der Waals surface area contributed by atoms with Gasteiger partial charge in [0.1, 0.15) is 17.5 Å². The van der Waals surface area contributed by atoms with Gasteiger partial charge in [0.05, 0.1) is 12.8 Å². The molecular formula is C20H22N4O4. The van der Waals surface area contributed by atoms with Crippen LogP contribution in [-0.4, -0.2) is 51.9 Å². The predicted molar refractivity (Wildman–Crippen MR) is 101 cm³/mol. The average molecular weight is 382 g/mol. The van der Waals surface area contributed by atoms with Crippen LogP contribution < -0.4 is 4.74 Å². The number of carbonyl (C=O) groups excluding carboxylic acids is 1. The maximum absolute atomic E-state index is 12.4. The number of benzene rings is 1. The van der Waals surface area contributed by atoms with Crippen LogP contribution in [0.15, 0.2) is 36.5 Å². The first-order valence-corrected chi connectivity index (χ1v) is 9.47. The predicted octanol–water partition coefficient (Wildman–Crippen LogP) is 2.52. The molecule has 1 aliphatic carbocycles. The lowest BCUT2D eigenvalue weighted by atomic mass is 9.95. The maximum Gasteiger partial charge on any atom is 0.232 e. The molecule has 28 heavy (non-hydrogen) atoms. The van der Waals surface area contributed by atoms with Crippen LogP contribution in [-0.2, 0) is 4.79 Å². The molecule has 1 amide bonds. The fourth-order valence-corrected chi connectivity index (χ4v) is 3.85. The highest BCUT2D eigenvalue weighted by Crippen LogP contribution is 2.37. The molecule has 1 aromatic heterocycles. The van der Waals surface area contributed by atoms with E-state index in [1.54, 1.807) is 18.2 Å². The molecule has 1 aromatic carbocycles. The van der Waals surface area contributed by atoms with E-state index in [4.69, 9.17) is 9.72 Å². The van der Waals surface area contributed by atoms with E-state index in [-0.39, 0.29) is 16.7 Å². The number of carbonyl (C=O) groups is 1. The van der Waals surface area contributed by atoms with Gasteiger partial charge in [-0.1, -0.05) is 12.1 Å². The number of ether oxygens (including phenoxy) is 1. The number of amides is 1. The number of rotatable bonds is 5. The molecule has 2 aromatic rings. The first kappa shape index (κ1) is 18.3. The summed E-state index contributed by atoms with van der Waals surface area (Å²) in [5, 5.41) is 10.8. The fourth-order valence-electron chi connectivity index (χ4n) is 3.85. The van der Waals surface area contributed by atoms with Crippen LogP contribution in [0.3, 0.4) is 0 Å². The Hall–Kier alpha value is -3.03. The Morgan fingerprint density at radius 1 is 1.25 bits per heavy atom. The molecule has 1 saturated heterocycles. The fraction of sp³-hybridized carbons (Fsp3) is 0.450. The average Bonchev–Trinajstić information content (AvgIpc) is 3.55. The van der Waals surface area contributed by atoms with Crippen molar-refractivity contribution in [2.45, 2.75) is 31.2 Å². The van der Waals surface area contributed by atoms with Gasteiger partial charge >= 0.3 is 0 Å². The zero-order valence-corrected chi connectivity index (χ0v) is 15.7. The number of piperidine rings is 1. The van der Waals surface area contributed by atoms with E-state index in [9.17, 15) is 14.9 Å². The molecule has 8 heteroatoms. The summed E-state index contributed by atoms with van der Waals surface area (Å²) < 4.78 is 5.43. The second-order valence-corrected chi connectivity index (χ2v) is 7.29. The molecular weight excluding hydrogens is 360 g/mol. The van der Waals surface area contributed by atoms with Crippen molar-refractivity contribution in [1.29, 1.82) is 0 Å². The molecule has 0 N–H and O–H groups in total. The van der Waals surface area contributed by atoms with Gasteiger partial charge in [-0.3, -0.25) is 14.9 Å². The topological polar surface area (TPSA) is 98.5 Å². The summed E-state index contributed by atoms with van der Waals surface area (Å²) >= 11 is 0. The monoisotopic (exact) mass is 382 g/mol. The molecule has 1 aliphatic heterocycles. The number of hydrogen-bond acceptors (Lipinski definition) is 6. The Balaban J connectivity index is 1.43. The molecule has 0 unspecified atom stereocenters. The minimum Gasteiger partial charge on any atom is -0.496 e. The number of likely N-dealkylation sites (tertiary alicyclic amines) is 1. The molecule has 2 aliphatic rings. The summed E-state index contributed by atoms with van der Waals surface area (Å²) in [5.41, 5.74) is 1.73. The zero-order valence-electron chi connectivity index (χ0n) is 15.7. The lowest BCUT2D eigenvalue weighted by molar-refractivity contribution is -0.497. The molecule has 8 nitrogen and oxygen atoms in total. The number of nitro groups is 1. The minimum absolute atomic E-state index is 0.0798. The Labute approximate surface area is 162 Å². The van der Waals surface area contributed by atoms with Crippen molar-refractivity contribution in [2.75, 3.05) is 20.2 Å². The number of nitrogens with zero attached hydrogens (tertiary/aromatic N) is 4. The molecule has 4 rings (SSSR count). The maximum atomic E-state index is 12.4. The van der Waals surface area contributed by atoms with Crippen LogP contribution in [0.2, 0.25) is 0 Å². The third-order valence-electron chi connectivity index (χ3n) is 5.57. The Bertz CT molecular complexity index is 895. The van der Waals surface area contributed by atoms with Crippen molar-refractivity contribution in [1.82, 2.24) is 14.9 Å². The van der Waals surface area contributed by atoms with Crippen molar-refractivity contribution < 1.29 is 14.5 Å². The quantitative estimate of drug-likeness (QED) is 0.582. The van der Waals surface area contributed by atoms with Crippen molar-refractivity contribution in [3.8, 4) is 17.0 Å². The van der Waals surface area contributed by atoms with E-state index in [0.717, 1.165) is 35.7 Å². The van der Waals surface area contributed by atoms with E-state index in [1.807, 2.05) is 30.3 Å². The zero-order chi connectivity index (χ0) is 19.7. The van der Waals surface area contributed by atoms with Gasteiger partial charge in [0.2, 0.25) is 11.9 Å². The normalized spacial score (nSPS) is 22.0. The van der Waals surface area contributed by atoms with Gasteiger partial charge in [0.25, 0.3) is 0 Å². The van der Waals surface area contributed by atoms with E-state index in [2.05, 4.69) is 4.98 Å². The summed E-state index contributed by atoms with van der Waals surface area (Å²) in [6.07, 6.45) is 3.65. The molecule has 1 saturated carbocycles. The molecule has 2 atom stereocenters. The molecule has 0 radical (unpaired) electrons. The SMILES string of the molecule is COc1ccccc1-c1ccnc(C2CCN(C(=O)[C@@H]3C[C@H]3[N+](=O)[O-])CC2)n1. The smallest absolute Gasteiger partial charge is 0.232 e. The first-order chi connectivity index (χ1) is 13.6. The third-order valence-corrected chi connectivity index (χ3v) is 5.57. The van der Waals surface area contributed by atoms with E-state index in [1.165, 1.54) is 0 Å². The summed E-state index contributed by atoms with van der Waals surface area (Å²) in [5.74, 6) is 1.19. The summed E-state index contributed by atoms with van der Waals surface area (Å²) in [6.45, 7) is 1.18. The standard InChI is InChI=1S/C20H22N4O4/c1-28-18-5-3-2-4-14(18)16-6-9-21-19(22-16)13-7-10-23(11-8-13)20(25)15-12-17(15)24(26)27/h2-6,9,13,15,17H,7-8,10-12H2,1H3/t15-,17-/m1/s1. The summed E-state index contributed by atoms with van der Waals surface area (Å²) in [7, 11) is 1.64. The number of hydrogen-bond donors (Lipinski definition) is 0. The lowest BCUT2D eigenvalue weighted by Gasteiger charge is -2.31. The highest BCUT2D eigenvalue weighted by Gasteiger charge is 2.54. The molecule has 0 spiro atoms. The van der Waals surface area contributed by atoms with Crippen molar-refractivity contribution in [3.63, 3.8) is 0 Å². The Morgan fingerprint density at radius 3 is 2.68 bits per heavy atom. The second-order valence-electron chi connectivity index (χ2n) is 7.29. The van der Waals surface area contributed by atoms with Crippen molar-refractivity contribution in [2.24, 2.45) is 5.92 Å². The molecule has 0 bridgehead atoms. The van der Waals surface area contributed by atoms with Crippen molar-refractivity contribution >= 4 is 5.91 Å². The van der Waals surface area contributed by atoms with Gasteiger partial charge < -0.3 is 9.64 Å². The van der Waals surface area contributed by atoms with Gasteiger partial charge in [0.15, 0.2) is 0 Å². The van der Waals surface area contributed by atoms with Gasteiger partial charge in [-0.2, -0.15) is 0 Å². The number of methoxy groups -OCH3 is 1. The van der Waals surface area contributed by atoms with Crippen LogP contribution in [0.5, 0.6) is 5.75 Å². The first-order valence-electron chi connectivity index (χ1n) is 9.47. The van der Waals surface area contributed by atoms with Gasteiger partial charge in [-0.05, 0) is 31.0 Å². The highest BCUT2D eigenvalue weighted by molar-refractivity contribution is 5.82. The van der Waals surface area contributed by atoms with Crippen LogP contribution in [0.25, 0.3) is 11.3 Å². The second kappa shape index (κ2) is 7.53. The largest absolute Gasteiger partial charge is 0.496 e. The highest BCUT2D eigenvalue weighted by atomic mass is 16.6. The van der Waals surface area contributed by atoms with Crippen LogP contribution in [0.4, 0.5) is 0 Å². The van der Waals surface area contributed by atoms with Gasteiger partial charge in [-0.15, -0.1) is 0 Å². The Morgan fingerprint density at radius 2 is 2.00 bits per heavy atom. The summed E-state index contributed by atoms with van der Waals surface area (Å²) in [4.78, 5) is 33.8. The van der Waals surface area contributed by atoms with Crippen LogP contribution >= 0.6 is 0 Å². The van der Waals surface area contributed by atoms with E-state index < -0.39 is 12.0 Å². The third kappa shape index (κ3) is 3.54. The minimum atomic E-state index is -0.689. The Kier molecular flexibility index (Phi) is 4.93. The van der Waals surface area contributed by atoms with Crippen LogP contribution in [0, 0.1) is 16.0 Å². The molecule has 2 fully saturated rings. The van der Waals surface area contributed by atoms with Gasteiger partial charge in [0, 0.05) is 42.1 Å². The van der Waals surface area contributed by atoms with Gasteiger partial charge in [-0.25, -0.2) is 9.97 Å². The lowest BCUT2D eigenvalue weighted by Crippen LogP contribution is -2.40. The number of para-hydroxylation sites is 1. The van der Waals surface area contributed by atoms with Crippen LogP contribution in [0.1, 0.15) is 31.0 Å². The summed E-state index contributed by atoms with van der Waals surface area (Å²) in [6, 6.07) is 8.90. The van der Waals surface area contributed by atoms with E-state index in [0.29, 0.717) is 19.5 Å². The molecule has 146 valence electrons. The van der Waals surface area contributed by atoms with Crippen molar-refractivity contribution in [3.05, 3.63) is 52.5 Å². The number of aromatic nitrogens is 2.